The number of rotatable bonds is 4. The van der Waals surface area contributed by atoms with E-state index in [2.05, 4.69) is 22.3 Å². The predicted molar refractivity (Wildman–Crippen MR) is 77.4 cm³/mol. The van der Waals surface area contributed by atoms with Crippen molar-refractivity contribution in [3.63, 3.8) is 0 Å². The van der Waals surface area contributed by atoms with Gasteiger partial charge in [0.1, 0.15) is 0 Å². The smallest absolute Gasteiger partial charge is 0.290 e. The van der Waals surface area contributed by atoms with Crippen LogP contribution in [0, 0.1) is 18.8 Å². The molecule has 1 heterocycles. The minimum atomic E-state index is -0.311. The molecule has 0 aliphatic rings. The fourth-order valence-corrected chi connectivity index (χ4v) is 1.74. The van der Waals surface area contributed by atoms with Gasteiger partial charge in [-0.2, -0.15) is 0 Å². The molecule has 0 fully saturated rings. The number of aryl methyl sites for hydroxylation is 1. The molecule has 1 amide bonds. The first-order valence-corrected chi connectivity index (χ1v) is 6.60. The van der Waals surface area contributed by atoms with E-state index in [9.17, 15) is 4.79 Å². The van der Waals surface area contributed by atoms with Gasteiger partial charge in [-0.3, -0.25) is 4.79 Å². The van der Waals surface area contributed by atoms with Crippen molar-refractivity contribution in [2.24, 2.45) is 0 Å². The van der Waals surface area contributed by atoms with Crippen molar-refractivity contribution in [1.29, 1.82) is 0 Å². The zero-order chi connectivity index (χ0) is 15.1. The van der Waals surface area contributed by atoms with Crippen LogP contribution in [0.5, 0.6) is 0 Å². The Morgan fingerprint density at radius 1 is 1.43 bits per heavy atom. The third-order valence-corrected chi connectivity index (χ3v) is 2.77. The highest BCUT2D eigenvalue weighted by Gasteiger charge is 2.11. The van der Waals surface area contributed by atoms with Crippen molar-refractivity contribution < 1.29 is 14.4 Å². The molecule has 0 atom stereocenters. The molecule has 1 aromatic heterocycles. The number of aliphatic hydroxyl groups is 1. The predicted octanol–water partition coefficient (Wildman–Crippen LogP) is 1.65. The Bertz CT molecular complexity index is 680. The number of nitrogens with zero attached hydrogens (tertiary/aromatic N) is 1. The average Bonchev–Trinajstić information content (AvgIpc) is 2.93. The maximum Gasteiger partial charge on any atom is 0.290 e. The van der Waals surface area contributed by atoms with E-state index >= 15 is 0 Å². The van der Waals surface area contributed by atoms with Crippen LogP contribution >= 0.6 is 0 Å². The Hall–Kier alpha value is -2.58. The quantitative estimate of drug-likeness (QED) is 0.837. The molecule has 0 saturated carbocycles. The van der Waals surface area contributed by atoms with Gasteiger partial charge in [-0.05, 0) is 18.6 Å². The first-order chi connectivity index (χ1) is 10.2. The summed E-state index contributed by atoms with van der Waals surface area (Å²) in [5.74, 6) is 5.74. The highest BCUT2D eigenvalue weighted by molar-refractivity contribution is 5.91. The van der Waals surface area contributed by atoms with E-state index in [-0.39, 0.29) is 18.3 Å². The minimum absolute atomic E-state index is 0.0384. The van der Waals surface area contributed by atoms with Crippen LogP contribution in [0.2, 0.25) is 0 Å². The van der Waals surface area contributed by atoms with Crippen molar-refractivity contribution >= 4 is 5.91 Å². The highest BCUT2D eigenvalue weighted by Crippen LogP contribution is 2.08. The Kier molecular flexibility index (Phi) is 5.13. The van der Waals surface area contributed by atoms with Gasteiger partial charge >= 0.3 is 0 Å². The lowest BCUT2D eigenvalue weighted by Crippen LogP contribution is -2.22. The molecule has 0 saturated heterocycles. The van der Waals surface area contributed by atoms with Gasteiger partial charge in [0.2, 0.25) is 5.76 Å². The molecule has 2 N–H and O–H groups in total. The molecule has 2 rings (SSSR count). The van der Waals surface area contributed by atoms with Gasteiger partial charge in [0.25, 0.3) is 5.91 Å². The van der Waals surface area contributed by atoms with Gasteiger partial charge in [0.05, 0.1) is 12.3 Å². The normalized spacial score (nSPS) is 9.81. The summed E-state index contributed by atoms with van der Waals surface area (Å²) in [5, 5.41) is 15.2. The number of aliphatic hydroxyl groups excluding tert-OH is 1. The number of carbonyl (C=O) groups excluding carboxylic acids is 1. The molecule has 5 nitrogen and oxygen atoms in total. The van der Waals surface area contributed by atoms with E-state index in [1.165, 1.54) is 0 Å². The first-order valence-electron chi connectivity index (χ1n) is 6.60. The lowest BCUT2D eigenvalue weighted by atomic mass is 10.1. The molecule has 5 heteroatoms. The summed E-state index contributed by atoms with van der Waals surface area (Å²) in [4.78, 5) is 11.9. The lowest BCUT2D eigenvalue weighted by Gasteiger charge is -2.05. The molecule has 108 valence electrons. The van der Waals surface area contributed by atoms with E-state index in [0.29, 0.717) is 18.7 Å². The van der Waals surface area contributed by atoms with Crippen LogP contribution in [-0.2, 0) is 6.54 Å². The molecule has 0 aliphatic heterocycles. The zero-order valence-electron chi connectivity index (χ0n) is 11.7. The maximum absolute atomic E-state index is 11.9. The second-order valence-corrected chi connectivity index (χ2v) is 4.45. The third kappa shape index (κ3) is 4.20. The van der Waals surface area contributed by atoms with Crippen LogP contribution in [0.1, 0.15) is 33.8 Å². The van der Waals surface area contributed by atoms with Gasteiger partial charge in [0.15, 0.2) is 0 Å². The molecular formula is C16H16N2O3. The van der Waals surface area contributed by atoms with Gasteiger partial charge in [-0.25, -0.2) is 0 Å². The van der Waals surface area contributed by atoms with E-state index in [0.717, 1.165) is 11.1 Å². The number of hydrogen-bond donors (Lipinski definition) is 2. The molecule has 0 spiro atoms. The third-order valence-electron chi connectivity index (χ3n) is 2.77. The van der Waals surface area contributed by atoms with E-state index in [4.69, 9.17) is 9.63 Å². The lowest BCUT2D eigenvalue weighted by molar-refractivity contribution is 0.0914. The van der Waals surface area contributed by atoms with Gasteiger partial charge < -0.3 is 14.9 Å². The van der Waals surface area contributed by atoms with Crippen LogP contribution in [0.25, 0.3) is 0 Å². The van der Waals surface area contributed by atoms with Crippen molar-refractivity contribution in [3.05, 3.63) is 52.9 Å². The Balaban J connectivity index is 2.03. The molecule has 0 radical (unpaired) electrons. The topological polar surface area (TPSA) is 75.4 Å². The summed E-state index contributed by atoms with van der Waals surface area (Å²) >= 11 is 0. The van der Waals surface area contributed by atoms with Crippen LogP contribution < -0.4 is 5.32 Å². The molecule has 21 heavy (non-hydrogen) atoms. The van der Waals surface area contributed by atoms with Crippen molar-refractivity contribution in [2.75, 3.05) is 6.61 Å². The van der Waals surface area contributed by atoms with E-state index in [1.54, 1.807) is 13.0 Å². The van der Waals surface area contributed by atoms with E-state index < -0.39 is 0 Å². The van der Waals surface area contributed by atoms with Crippen molar-refractivity contribution in [2.45, 2.75) is 19.9 Å². The number of hydrogen-bond acceptors (Lipinski definition) is 4. The summed E-state index contributed by atoms with van der Waals surface area (Å²) in [5.41, 5.74) is 2.41. The average molecular weight is 284 g/mol. The Morgan fingerprint density at radius 3 is 2.95 bits per heavy atom. The number of nitrogens with one attached hydrogen (secondary N) is 1. The molecule has 0 bridgehead atoms. The largest absolute Gasteiger partial charge is 0.395 e. The number of amides is 1. The SMILES string of the molecule is Cc1cc(C(=O)NCc2ccccc2C#CCCO)on1. The second kappa shape index (κ2) is 7.27. The summed E-state index contributed by atoms with van der Waals surface area (Å²) in [7, 11) is 0. The maximum atomic E-state index is 11.9. The molecular weight excluding hydrogens is 268 g/mol. The standard InChI is InChI=1S/C16H16N2O3/c1-12-10-15(21-18-12)16(20)17-11-14-8-3-2-6-13(14)7-4-5-9-19/h2-3,6,8,10,19H,5,9,11H2,1H3,(H,17,20). The molecule has 0 aliphatic carbocycles. The molecule has 1 aromatic carbocycles. The summed E-state index contributed by atoms with van der Waals surface area (Å²) in [6.45, 7) is 2.14. The number of carbonyl (C=O) groups is 1. The number of aromatic nitrogens is 1. The van der Waals surface area contributed by atoms with E-state index in [1.807, 2.05) is 24.3 Å². The molecule has 0 unspecified atom stereocenters. The van der Waals surface area contributed by atoms with Gasteiger partial charge in [-0.15, -0.1) is 0 Å². The summed E-state index contributed by atoms with van der Waals surface area (Å²) in [6, 6.07) is 9.13. The zero-order valence-corrected chi connectivity index (χ0v) is 11.7. The fraction of sp³-hybridized carbons (Fsp3) is 0.250. The monoisotopic (exact) mass is 284 g/mol. The summed E-state index contributed by atoms with van der Waals surface area (Å²) in [6.07, 6.45) is 0.429. The van der Waals surface area contributed by atoms with Crippen molar-refractivity contribution in [3.8, 4) is 11.8 Å². The van der Waals surface area contributed by atoms with Crippen LogP contribution in [0.15, 0.2) is 34.9 Å². The van der Waals surface area contributed by atoms with Crippen LogP contribution in [-0.4, -0.2) is 22.8 Å². The first kappa shape index (κ1) is 14.8. The second-order valence-electron chi connectivity index (χ2n) is 4.45. The summed E-state index contributed by atoms with van der Waals surface area (Å²) < 4.78 is 4.91. The van der Waals surface area contributed by atoms with Crippen molar-refractivity contribution in [1.82, 2.24) is 10.5 Å². The fourth-order valence-electron chi connectivity index (χ4n) is 1.74. The Morgan fingerprint density at radius 2 is 2.24 bits per heavy atom. The highest BCUT2D eigenvalue weighted by atomic mass is 16.5. The van der Waals surface area contributed by atoms with Gasteiger partial charge in [-0.1, -0.05) is 35.2 Å². The Labute approximate surface area is 123 Å². The van der Waals surface area contributed by atoms with Crippen LogP contribution in [0.3, 0.4) is 0 Å². The van der Waals surface area contributed by atoms with Gasteiger partial charge in [0, 0.05) is 24.6 Å². The molecule has 2 aromatic rings. The minimum Gasteiger partial charge on any atom is -0.395 e. The van der Waals surface area contributed by atoms with Crippen LogP contribution in [0.4, 0.5) is 0 Å². The number of benzene rings is 1.